The maximum Gasteiger partial charge on any atom is 0.218 e. The second-order valence-electron chi connectivity index (χ2n) is 3.71. The molecule has 1 unspecified atom stereocenters. The summed E-state index contributed by atoms with van der Waals surface area (Å²) in [4.78, 5) is 11.4. The van der Waals surface area contributed by atoms with Gasteiger partial charge in [0, 0.05) is 9.82 Å². The van der Waals surface area contributed by atoms with E-state index in [1.165, 1.54) is 0 Å². The molecular formula is C11H15NO2S. The Bertz CT molecular complexity index is 329. The largest absolute Gasteiger partial charge is 0.264 e. The van der Waals surface area contributed by atoms with Gasteiger partial charge >= 0.3 is 0 Å². The second-order valence-corrected chi connectivity index (χ2v) is 5.37. The zero-order valence-corrected chi connectivity index (χ0v) is 9.79. The molecule has 0 saturated heterocycles. The number of hydrogen-bond donors (Lipinski definition) is 0. The van der Waals surface area contributed by atoms with E-state index in [9.17, 15) is 10.1 Å². The van der Waals surface area contributed by atoms with Crippen LogP contribution in [0, 0.1) is 10.1 Å². The average molecular weight is 225 g/mol. The van der Waals surface area contributed by atoms with E-state index < -0.39 is 0 Å². The van der Waals surface area contributed by atoms with Crippen LogP contribution in [0.5, 0.6) is 0 Å². The zero-order chi connectivity index (χ0) is 11.3. The summed E-state index contributed by atoms with van der Waals surface area (Å²) < 4.78 is -0.315. The van der Waals surface area contributed by atoms with Crippen molar-refractivity contribution in [3.8, 4) is 0 Å². The average Bonchev–Trinajstić information content (AvgIpc) is 2.18. The molecule has 0 aliphatic carbocycles. The first-order valence-corrected chi connectivity index (χ1v) is 5.73. The molecule has 0 aliphatic heterocycles. The van der Waals surface area contributed by atoms with E-state index in [0.29, 0.717) is 0 Å². The van der Waals surface area contributed by atoms with Crippen LogP contribution in [0.2, 0.25) is 0 Å². The molecule has 0 spiro atoms. The third kappa shape index (κ3) is 3.91. The van der Waals surface area contributed by atoms with Gasteiger partial charge in [-0.2, -0.15) is 0 Å². The van der Waals surface area contributed by atoms with Gasteiger partial charge in [0.25, 0.3) is 0 Å². The van der Waals surface area contributed by atoms with E-state index in [0.717, 1.165) is 11.3 Å². The lowest BCUT2D eigenvalue weighted by Crippen LogP contribution is -2.29. The van der Waals surface area contributed by atoms with E-state index in [2.05, 4.69) is 0 Å². The van der Waals surface area contributed by atoms with Crippen LogP contribution in [-0.2, 0) is 0 Å². The summed E-state index contributed by atoms with van der Waals surface area (Å²) in [6.45, 7) is 3.93. The third-order valence-electron chi connectivity index (χ3n) is 2.32. The van der Waals surface area contributed by atoms with E-state index >= 15 is 0 Å². The van der Waals surface area contributed by atoms with Crippen LogP contribution in [0.3, 0.4) is 0 Å². The first-order valence-electron chi connectivity index (χ1n) is 4.91. The van der Waals surface area contributed by atoms with Crippen LogP contribution in [0.1, 0.15) is 20.3 Å². The van der Waals surface area contributed by atoms with E-state index in [1.807, 2.05) is 44.2 Å². The Labute approximate surface area is 94.0 Å². The Morgan fingerprint density at radius 2 is 2.00 bits per heavy atom. The predicted molar refractivity (Wildman–Crippen MR) is 62.9 cm³/mol. The van der Waals surface area contributed by atoms with Gasteiger partial charge < -0.3 is 0 Å². The Morgan fingerprint density at radius 1 is 1.40 bits per heavy atom. The van der Waals surface area contributed by atoms with Crippen LogP contribution in [0.4, 0.5) is 0 Å². The van der Waals surface area contributed by atoms with Crippen molar-refractivity contribution in [1.82, 2.24) is 0 Å². The van der Waals surface area contributed by atoms with E-state index in [1.54, 1.807) is 11.8 Å². The van der Waals surface area contributed by atoms with Crippen molar-refractivity contribution in [2.75, 3.05) is 6.54 Å². The van der Waals surface area contributed by atoms with Crippen LogP contribution >= 0.6 is 11.8 Å². The zero-order valence-electron chi connectivity index (χ0n) is 8.97. The summed E-state index contributed by atoms with van der Waals surface area (Å²) >= 11 is 1.58. The molecule has 0 radical (unpaired) electrons. The number of benzene rings is 1. The molecule has 0 fully saturated rings. The molecule has 15 heavy (non-hydrogen) atoms. The lowest BCUT2D eigenvalue weighted by Gasteiger charge is -2.22. The minimum Gasteiger partial charge on any atom is -0.264 e. The Hall–Kier alpha value is -1.03. The number of thioether (sulfide) groups is 1. The van der Waals surface area contributed by atoms with Crippen molar-refractivity contribution >= 4 is 11.8 Å². The molecule has 3 nitrogen and oxygen atoms in total. The Balaban J connectivity index is 2.72. The molecule has 0 amide bonds. The summed E-state index contributed by atoms with van der Waals surface area (Å²) in [6, 6.07) is 9.81. The minimum absolute atomic E-state index is 0.00304. The quantitative estimate of drug-likeness (QED) is 0.439. The highest BCUT2D eigenvalue weighted by molar-refractivity contribution is 8.00. The van der Waals surface area contributed by atoms with Crippen molar-refractivity contribution < 1.29 is 4.92 Å². The Kier molecular flexibility index (Phi) is 4.15. The fraction of sp³-hybridized carbons (Fsp3) is 0.455. The van der Waals surface area contributed by atoms with Gasteiger partial charge in [-0.15, -0.1) is 11.8 Å². The van der Waals surface area contributed by atoms with Gasteiger partial charge in [-0.05, 0) is 25.5 Å². The van der Waals surface area contributed by atoms with Gasteiger partial charge in [-0.25, -0.2) is 0 Å². The maximum atomic E-state index is 10.6. The molecule has 0 saturated carbocycles. The monoisotopic (exact) mass is 225 g/mol. The van der Waals surface area contributed by atoms with Crippen molar-refractivity contribution in [1.29, 1.82) is 0 Å². The fourth-order valence-electron chi connectivity index (χ4n) is 1.26. The summed E-state index contributed by atoms with van der Waals surface area (Å²) in [7, 11) is 0. The normalized spacial score (nSPS) is 14.5. The highest BCUT2D eigenvalue weighted by Crippen LogP contribution is 2.35. The van der Waals surface area contributed by atoms with Crippen LogP contribution in [0.15, 0.2) is 35.2 Å². The first kappa shape index (κ1) is 12.0. The van der Waals surface area contributed by atoms with Crippen LogP contribution in [0.25, 0.3) is 0 Å². The highest BCUT2D eigenvalue weighted by atomic mass is 32.2. The summed E-state index contributed by atoms with van der Waals surface area (Å²) in [5.41, 5.74) is 0. The minimum atomic E-state index is -0.315. The van der Waals surface area contributed by atoms with Crippen LogP contribution < -0.4 is 0 Å². The Morgan fingerprint density at radius 3 is 2.47 bits per heavy atom. The molecule has 0 heterocycles. The van der Waals surface area contributed by atoms with Gasteiger partial charge in [-0.1, -0.05) is 25.1 Å². The maximum absolute atomic E-state index is 10.6. The van der Waals surface area contributed by atoms with E-state index in [-0.39, 0.29) is 16.2 Å². The summed E-state index contributed by atoms with van der Waals surface area (Å²) in [5, 5.41) is 10.6. The lowest BCUT2D eigenvalue weighted by molar-refractivity contribution is -0.484. The molecule has 0 bridgehead atoms. The van der Waals surface area contributed by atoms with Gasteiger partial charge in [0.05, 0.1) is 4.75 Å². The molecule has 4 heteroatoms. The van der Waals surface area contributed by atoms with Gasteiger partial charge in [0.2, 0.25) is 6.54 Å². The van der Waals surface area contributed by atoms with Crippen molar-refractivity contribution in [2.24, 2.45) is 0 Å². The SMILES string of the molecule is CCC(C)(C[N+](=O)[O-])Sc1ccccc1. The lowest BCUT2D eigenvalue weighted by atomic mass is 10.1. The molecule has 0 aliphatic rings. The van der Waals surface area contributed by atoms with Gasteiger partial charge in [0.15, 0.2) is 0 Å². The standard InChI is InChI=1S/C11H15NO2S/c1-3-11(2,9-12(13)14)15-10-7-5-4-6-8-10/h4-8H,3,9H2,1-2H3. The first-order chi connectivity index (χ1) is 7.06. The smallest absolute Gasteiger partial charge is 0.218 e. The molecule has 1 rings (SSSR count). The number of hydrogen-bond acceptors (Lipinski definition) is 3. The molecule has 82 valence electrons. The molecule has 1 aromatic rings. The summed E-state index contributed by atoms with van der Waals surface area (Å²) in [6.07, 6.45) is 0.785. The molecule has 1 aromatic carbocycles. The topological polar surface area (TPSA) is 43.1 Å². The second kappa shape index (κ2) is 5.16. The fourth-order valence-corrected chi connectivity index (χ4v) is 2.44. The molecule has 0 aromatic heterocycles. The molecule has 1 atom stereocenters. The molecule has 0 N–H and O–H groups in total. The highest BCUT2D eigenvalue weighted by Gasteiger charge is 2.29. The predicted octanol–water partition coefficient (Wildman–Crippen LogP) is 3.22. The van der Waals surface area contributed by atoms with E-state index in [4.69, 9.17) is 0 Å². The van der Waals surface area contributed by atoms with Gasteiger partial charge in [0.1, 0.15) is 0 Å². The molecular weight excluding hydrogens is 210 g/mol. The number of nitro groups is 1. The van der Waals surface area contributed by atoms with Crippen molar-refractivity contribution in [2.45, 2.75) is 29.9 Å². The number of nitrogens with zero attached hydrogens (tertiary/aromatic N) is 1. The number of rotatable bonds is 5. The summed E-state index contributed by atoms with van der Waals surface area (Å²) in [5.74, 6) is 0. The third-order valence-corrected chi connectivity index (χ3v) is 3.74. The van der Waals surface area contributed by atoms with Gasteiger partial charge in [-0.3, -0.25) is 10.1 Å². The van der Waals surface area contributed by atoms with Crippen molar-refractivity contribution in [3.05, 3.63) is 40.4 Å². The van der Waals surface area contributed by atoms with Crippen molar-refractivity contribution in [3.63, 3.8) is 0 Å². The van der Waals surface area contributed by atoms with Crippen LogP contribution in [-0.4, -0.2) is 16.2 Å².